The molecule has 0 aliphatic carbocycles. The number of imidazole rings is 1. The fourth-order valence-corrected chi connectivity index (χ4v) is 3.45. The Labute approximate surface area is 183 Å². The number of carbonyl (C=O) groups excluding carboxylic acids is 1. The molecule has 10 heteroatoms. The van der Waals surface area contributed by atoms with Crippen LogP contribution in [0.5, 0.6) is 11.5 Å². The Kier molecular flexibility index (Phi) is 5.84. The number of aromatic amines is 2. The van der Waals surface area contributed by atoms with Gasteiger partial charge in [0.1, 0.15) is 22.9 Å². The van der Waals surface area contributed by atoms with Crippen LogP contribution in [0.2, 0.25) is 0 Å². The molecule has 0 unspecified atom stereocenters. The van der Waals surface area contributed by atoms with Gasteiger partial charge in [-0.1, -0.05) is 6.92 Å². The Bertz CT molecular complexity index is 1250. The minimum atomic E-state index is -0.417. The number of ether oxygens (including phenoxy) is 2. The third kappa shape index (κ3) is 3.89. The van der Waals surface area contributed by atoms with Gasteiger partial charge in [0.2, 0.25) is 0 Å². The molecule has 2 aromatic carbocycles. The minimum Gasteiger partial charge on any atom is -0.496 e. The summed E-state index contributed by atoms with van der Waals surface area (Å²) in [4.78, 5) is 31.6. The molecule has 0 atom stereocenters. The highest BCUT2D eigenvalue weighted by Gasteiger charge is 2.19. The Morgan fingerprint density at radius 3 is 2.75 bits per heavy atom. The van der Waals surface area contributed by atoms with Crippen molar-refractivity contribution in [2.24, 2.45) is 5.18 Å². The number of H-pyrrole nitrogens is 2. The number of rotatable bonds is 8. The van der Waals surface area contributed by atoms with Crippen LogP contribution in [0.25, 0.3) is 22.6 Å². The van der Waals surface area contributed by atoms with Crippen molar-refractivity contribution in [2.75, 3.05) is 19.0 Å². The molecule has 10 nitrogen and oxygen atoms in total. The molecule has 0 saturated heterocycles. The van der Waals surface area contributed by atoms with Crippen molar-refractivity contribution >= 4 is 28.3 Å². The number of amides is 1. The van der Waals surface area contributed by atoms with Crippen LogP contribution in [-0.2, 0) is 6.42 Å². The summed E-state index contributed by atoms with van der Waals surface area (Å²) in [6.07, 6.45) is 2.32. The zero-order valence-electron chi connectivity index (χ0n) is 17.9. The van der Waals surface area contributed by atoms with E-state index < -0.39 is 5.91 Å². The number of aryl methyl sites for hydroxylation is 1. The van der Waals surface area contributed by atoms with Gasteiger partial charge in [-0.3, -0.25) is 9.89 Å². The predicted octanol–water partition coefficient (Wildman–Crippen LogP) is 4.57. The number of nitrogens with one attached hydrogen (secondary N) is 3. The van der Waals surface area contributed by atoms with Crippen LogP contribution in [0.1, 0.15) is 29.8 Å². The number of benzene rings is 2. The molecule has 0 aliphatic rings. The first-order valence-electron chi connectivity index (χ1n) is 10.1. The normalized spacial score (nSPS) is 10.8. The van der Waals surface area contributed by atoms with Crippen LogP contribution in [0.15, 0.2) is 41.7 Å². The summed E-state index contributed by atoms with van der Waals surface area (Å²) in [5.74, 6) is 1.15. The van der Waals surface area contributed by atoms with Crippen molar-refractivity contribution in [2.45, 2.75) is 20.3 Å². The third-order valence-electron chi connectivity index (χ3n) is 5.00. The molecular weight excluding hydrogens is 412 g/mol. The van der Waals surface area contributed by atoms with E-state index in [2.05, 4.69) is 37.6 Å². The molecule has 2 heterocycles. The van der Waals surface area contributed by atoms with Crippen LogP contribution < -0.4 is 14.8 Å². The molecule has 3 N–H and O–H groups in total. The highest BCUT2D eigenvalue weighted by atomic mass is 16.5. The van der Waals surface area contributed by atoms with E-state index in [9.17, 15) is 9.70 Å². The molecule has 4 aromatic rings. The van der Waals surface area contributed by atoms with E-state index in [1.165, 1.54) is 24.4 Å². The molecule has 164 valence electrons. The number of carbonyl (C=O) groups is 1. The number of nitroso groups, excluding NO2 is 1. The Morgan fingerprint density at radius 2 is 2.03 bits per heavy atom. The first-order chi connectivity index (χ1) is 15.6. The molecule has 0 spiro atoms. The summed E-state index contributed by atoms with van der Waals surface area (Å²) >= 11 is 0. The molecule has 2 aromatic heterocycles. The fraction of sp³-hybridized carbons (Fsp3) is 0.227. The number of fused-ring (bicyclic) bond motifs is 1. The third-order valence-corrected chi connectivity index (χ3v) is 5.00. The average molecular weight is 434 g/mol. The monoisotopic (exact) mass is 434 g/mol. The van der Waals surface area contributed by atoms with E-state index in [1.807, 2.05) is 12.1 Å². The Balaban J connectivity index is 1.66. The summed E-state index contributed by atoms with van der Waals surface area (Å²) in [6, 6.07) is 8.25. The van der Waals surface area contributed by atoms with Crippen LogP contribution in [-0.4, -0.2) is 39.8 Å². The van der Waals surface area contributed by atoms with Gasteiger partial charge in [0.05, 0.1) is 42.2 Å². The highest BCUT2D eigenvalue weighted by Crippen LogP contribution is 2.31. The maximum Gasteiger partial charge on any atom is 0.259 e. The van der Waals surface area contributed by atoms with Gasteiger partial charge in [0.15, 0.2) is 5.82 Å². The van der Waals surface area contributed by atoms with Gasteiger partial charge in [-0.25, -0.2) is 4.98 Å². The van der Waals surface area contributed by atoms with E-state index in [1.54, 1.807) is 14.0 Å². The lowest BCUT2D eigenvalue weighted by atomic mass is 10.1. The second-order valence-electron chi connectivity index (χ2n) is 6.94. The topological polar surface area (TPSA) is 134 Å². The number of aromatic nitrogens is 4. The SMILES string of the molecule is CCOc1cc(N=O)ccc1C(=O)Nc1cn[nH]c1-c1nc2cc(OC)c(CC)cc2[nH]1. The first kappa shape index (κ1) is 21.0. The van der Waals surface area contributed by atoms with Crippen molar-refractivity contribution in [1.82, 2.24) is 20.2 Å². The lowest BCUT2D eigenvalue weighted by molar-refractivity contribution is 0.102. The number of nitrogens with zero attached hydrogens (tertiary/aromatic N) is 3. The molecule has 0 bridgehead atoms. The smallest absolute Gasteiger partial charge is 0.259 e. The van der Waals surface area contributed by atoms with E-state index in [4.69, 9.17) is 9.47 Å². The molecule has 1 amide bonds. The summed E-state index contributed by atoms with van der Waals surface area (Å²) in [5.41, 5.74) is 4.06. The maximum absolute atomic E-state index is 12.9. The van der Waals surface area contributed by atoms with Gasteiger partial charge in [-0.05, 0) is 42.3 Å². The van der Waals surface area contributed by atoms with Crippen molar-refractivity contribution < 1.29 is 14.3 Å². The van der Waals surface area contributed by atoms with Crippen LogP contribution in [0.4, 0.5) is 11.4 Å². The molecular formula is C22H22N6O4. The molecule has 32 heavy (non-hydrogen) atoms. The van der Waals surface area contributed by atoms with Gasteiger partial charge < -0.3 is 19.8 Å². The predicted molar refractivity (Wildman–Crippen MR) is 121 cm³/mol. The molecule has 0 aliphatic heterocycles. The average Bonchev–Trinajstić information content (AvgIpc) is 3.44. The lowest BCUT2D eigenvalue weighted by Gasteiger charge is -2.10. The summed E-state index contributed by atoms with van der Waals surface area (Å²) < 4.78 is 11.0. The van der Waals surface area contributed by atoms with Gasteiger partial charge in [-0.2, -0.15) is 5.10 Å². The van der Waals surface area contributed by atoms with E-state index in [-0.39, 0.29) is 17.0 Å². The van der Waals surface area contributed by atoms with Gasteiger partial charge in [-0.15, -0.1) is 4.91 Å². The van der Waals surface area contributed by atoms with E-state index in [0.29, 0.717) is 23.8 Å². The number of hydrogen-bond donors (Lipinski definition) is 3. The lowest BCUT2D eigenvalue weighted by Crippen LogP contribution is -2.14. The molecule has 0 fully saturated rings. The zero-order valence-corrected chi connectivity index (χ0v) is 17.9. The van der Waals surface area contributed by atoms with Crippen LogP contribution in [0.3, 0.4) is 0 Å². The zero-order chi connectivity index (χ0) is 22.7. The second kappa shape index (κ2) is 8.88. The molecule has 4 rings (SSSR count). The van der Waals surface area contributed by atoms with E-state index in [0.717, 1.165) is 28.8 Å². The molecule has 0 saturated carbocycles. The number of methoxy groups -OCH3 is 1. The fourth-order valence-electron chi connectivity index (χ4n) is 3.45. The van der Waals surface area contributed by atoms with Crippen molar-refractivity contribution in [1.29, 1.82) is 0 Å². The standard InChI is InChI=1S/C22H22N6O4/c1-4-12-8-15-16(10-18(12)31-3)25-21(24-15)20-17(11-23-27-20)26-22(29)14-7-6-13(28-30)9-19(14)32-5-2/h6-11H,4-5H2,1-3H3,(H,23,27)(H,24,25)(H,26,29). The van der Waals surface area contributed by atoms with E-state index >= 15 is 0 Å². The van der Waals surface area contributed by atoms with Gasteiger partial charge in [0, 0.05) is 12.1 Å². The largest absolute Gasteiger partial charge is 0.496 e. The Morgan fingerprint density at radius 1 is 1.19 bits per heavy atom. The van der Waals surface area contributed by atoms with Crippen molar-refractivity contribution in [3.63, 3.8) is 0 Å². The first-order valence-corrected chi connectivity index (χ1v) is 10.1. The number of hydrogen-bond acceptors (Lipinski definition) is 7. The quantitative estimate of drug-likeness (QED) is 0.348. The molecule has 0 radical (unpaired) electrons. The van der Waals surface area contributed by atoms with Gasteiger partial charge >= 0.3 is 0 Å². The number of anilines is 1. The maximum atomic E-state index is 12.9. The van der Waals surface area contributed by atoms with Gasteiger partial charge in [0.25, 0.3) is 5.91 Å². The summed E-state index contributed by atoms with van der Waals surface area (Å²) in [6.45, 7) is 4.18. The Hall–Kier alpha value is -4.21. The highest BCUT2D eigenvalue weighted by molar-refractivity contribution is 6.07. The minimum absolute atomic E-state index is 0.179. The van der Waals surface area contributed by atoms with Crippen molar-refractivity contribution in [3.8, 4) is 23.0 Å². The van der Waals surface area contributed by atoms with Crippen molar-refractivity contribution in [3.05, 3.63) is 52.6 Å². The summed E-state index contributed by atoms with van der Waals surface area (Å²) in [5, 5.41) is 12.7. The van der Waals surface area contributed by atoms with Crippen LogP contribution >= 0.6 is 0 Å². The summed E-state index contributed by atoms with van der Waals surface area (Å²) in [7, 11) is 1.63. The second-order valence-corrected chi connectivity index (χ2v) is 6.94. The van der Waals surface area contributed by atoms with Crippen LogP contribution in [0, 0.1) is 4.91 Å².